The molecule has 1 aliphatic carbocycles. The average Bonchev–Trinajstić information content (AvgIpc) is 2.11. The van der Waals surface area contributed by atoms with Gasteiger partial charge in [0.1, 0.15) is 6.61 Å². The van der Waals surface area contributed by atoms with Crippen molar-refractivity contribution in [2.75, 3.05) is 26.4 Å². The molecule has 0 aromatic rings. The van der Waals surface area contributed by atoms with E-state index in [-0.39, 0.29) is 12.7 Å². The fraction of sp³-hybridized carbons (Fsp3) is 1.00. The number of nitrogens with two attached hydrogens (primary N) is 1. The van der Waals surface area contributed by atoms with E-state index in [1.54, 1.807) is 0 Å². The van der Waals surface area contributed by atoms with Crippen molar-refractivity contribution < 1.29 is 22.6 Å². The Morgan fingerprint density at radius 3 is 2.44 bits per heavy atom. The number of alkyl halides is 3. The Balaban J connectivity index is 1.83. The second kappa shape index (κ2) is 6.42. The zero-order chi connectivity index (χ0) is 12.0. The SMILES string of the molecule is NCC1CC(OCCCOCC(F)(F)F)C1. The molecule has 3 nitrogen and oxygen atoms in total. The predicted molar refractivity (Wildman–Crippen MR) is 53.0 cm³/mol. The summed E-state index contributed by atoms with van der Waals surface area (Å²) in [5.74, 6) is 0.562. The van der Waals surface area contributed by atoms with Crippen molar-refractivity contribution in [1.29, 1.82) is 0 Å². The molecule has 2 N–H and O–H groups in total. The lowest BCUT2D eigenvalue weighted by molar-refractivity contribution is -0.175. The van der Waals surface area contributed by atoms with Crippen LogP contribution in [0.15, 0.2) is 0 Å². The second-order valence-corrected chi connectivity index (χ2v) is 4.09. The summed E-state index contributed by atoms with van der Waals surface area (Å²) in [6.45, 7) is 0.0621. The van der Waals surface area contributed by atoms with E-state index >= 15 is 0 Å². The first-order chi connectivity index (χ1) is 7.51. The molecule has 0 spiro atoms. The maximum absolute atomic E-state index is 11.7. The van der Waals surface area contributed by atoms with E-state index < -0.39 is 12.8 Å². The van der Waals surface area contributed by atoms with Crippen molar-refractivity contribution in [2.24, 2.45) is 11.7 Å². The molecule has 0 unspecified atom stereocenters. The van der Waals surface area contributed by atoms with Crippen molar-refractivity contribution >= 4 is 0 Å². The van der Waals surface area contributed by atoms with Gasteiger partial charge in [-0.1, -0.05) is 0 Å². The van der Waals surface area contributed by atoms with Gasteiger partial charge in [0.2, 0.25) is 0 Å². The fourth-order valence-corrected chi connectivity index (χ4v) is 1.60. The smallest absolute Gasteiger partial charge is 0.378 e. The van der Waals surface area contributed by atoms with Crippen molar-refractivity contribution in [3.63, 3.8) is 0 Å². The molecular formula is C10H18F3NO2. The molecule has 0 aromatic carbocycles. The van der Waals surface area contributed by atoms with E-state index in [9.17, 15) is 13.2 Å². The first-order valence-corrected chi connectivity index (χ1v) is 5.47. The third-order valence-electron chi connectivity index (χ3n) is 2.58. The first kappa shape index (κ1) is 13.7. The summed E-state index contributed by atoms with van der Waals surface area (Å²) in [6.07, 6.45) is -1.54. The van der Waals surface area contributed by atoms with Crippen molar-refractivity contribution in [3.8, 4) is 0 Å². The highest BCUT2D eigenvalue weighted by Crippen LogP contribution is 2.28. The molecule has 0 aliphatic heterocycles. The van der Waals surface area contributed by atoms with Crippen LogP contribution in [0.25, 0.3) is 0 Å². The molecule has 0 amide bonds. The lowest BCUT2D eigenvalue weighted by atomic mass is 9.82. The van der Waals surface area contributed by atoms with Gasteiger partial charge in [0.15, 0.2) is 0 Å². The van der Waals surface area contributed by atoms with Crippen molar-refractivity contribution in [1.82, 2.24) is 0 Å². The summed E-state index contributed by atoms with van der Waals surface area (Å²) in [5, 5.41) is 0. The van der Waals surface area contributed by atoms with Crippen LogP contribution < -0.4 is 5.73 Å². The Kier molecular flexibility index (Phi) is 5.51. The molecular weight excluding hydrogens is 223 g/mol. The summed E-state index contributed by atoms with van der Waals surface area (Å²) in [5.41, 5.74) is 5.45. The van der Waals surface area contributed by atoms with Gasteiger partial charge in [-0.15, -0.1) is 0 Å². The van der Waals surface area contributed by atoms with Gasteiger partial charge in [-0.2, -0.15) is 13.2 Å². The summed E-state index contributed by atoms with van der Waals surface area (Å²) < 4.78 is 44.9. The number of ether oxygens (including phenoxy) is 2. The number of halogens is 3. The fourth-order valence-electron chi connectivity index (χ4n) is 1.60. The van der Waals surface area contributed by atoms with Gasteiger partial charge in [0.05, 0.1) is 6.10 Å². The van der Waals surface area contributed by atoms with Gasteiger partial charge in [-0.25, -0.2) is 0 Å². The molecule has 0 atom stereocenters. The quantitative estimate of drug-likeness (QED) is 0.690. The zero-order valence-electron chi connectivity index (χ0n) is 9.13. The number of hydrogen-bond acceptors (Lipinski definition) is 3. The van der Waals surface area contributed by atoms with Crippen LogP contribution in [0.1, 0.15) is 19.3 Å². The molecule has 6 heteroatoms. The summed E-state index contributed by atoms with van der Waals surface area (Å²) in [7, 11) is 0. The predicted octanol–water partition coefficient (Wildman–Crippen LogP) is 1.71. The third kappa shape index (κ3) is 5.67. The third-order valence-corrected chi connectivity index (χ3v) is 2.58. The first-order valence-electron chi connectivity index (χ1n) is 5.47. The summed E-state index contributed by atoms with van der Waals surface area (Å²) in [6, 6.07) is 0. The normalized spacial score (nSPS) is 25.5. The molecule has 16 heavy (non-hydrogen) atoms. The molecule has 0 heterocycles. The number of hydrogen-bond donors (Lipinski definition) is 1. The minimum Gasteiger partial charge on any atom is -0.378 e. The van der Waals surface area contributed by atoms with E-state index in [0.29, 0.717) is 25.5 Å². The van der Waals surface area contributed by atoms with E-state index in [1.807, 2.05) is 0 Å². The minimum absolute atomic E-state index is 0.0898. The molecule has 1 fully saturated rings. The molecule has 1 aliphatic rings. The van der Waals surface area contributed by atoms with Crippen LogP contribution in [0.5, 0.6) is 0 Å². The maximum atomic E-state index is 11.7. The van der Waals surface area contributed by atoms with Gasteiger partial charge in [0, 0.05) is 13.2 Å². The van der Waals surface area contributed by atoms with Gasteiger partial charge in [-0.3, -0.25) is 0 Å². The van der Waals surface area contributed by atoms with Crippen LogP contribution in [-0.4, -0.2) is 38.6 Å². The Morgan fingerprint density at radius 1 is 1.19 bits per heavy atom. The molecule has 0 bridgehead atoms. The molecule has 0 aromatic heterocycles. The van der Waals surface area contributed by atoms with Gasteiger partial charge in [-0.05, 0) is 31.7 Å². The van der Waals surface area contributed by atoms with Crippen LogP contribution in [-0.2, 0) is 9.47 Å². The van der Waals surface area contributed by atoms with E-state index in [0.717, 1.165) is 12.8 Å². The minimum atomic E-state index is -4.23. The lowest BCUT2D eigenvalue weighted by Gasteiger charge is -2.34. The maximum Gasteiger partial charge on any atom is 0.411 e. The zero-order valence-corrected chi connectivity index (χ0v) is 9.13. The van der Waals surface area contributed by atoms with Crippen LogP contribution in [0.2, 0.25) is 0 Å². The Morgan fingerprint density at radius 2 is 1.88 bits per heavy atom. The molecule has 1 saturated carbocycles. The van der Waals surface area contributed by atoms with Crippen LogP contribution in [0, 0.1) is 5.92 Å². The van der Waals surface area contributed by atoms with E-state index in [1.165, 1.54) is 0 Å². The highest BCUT2D eigenvalue weighted by Gasteiger charge is 2.28. The van der Waals surface area contributed by atoms with Crippen LogP contribution >= 0.6 is 0 Å². The lowest BCUT2D eigenvalue weighted by Crippen LogP contribution is -2.36. The Hall–Kier alpha value is -0.330. The average molecular weight is 241 g/mol. The monoisotopic (exact) mass is 241 g/mol. The van der Waals surface area contributed by atoms with Crippen molar-refractivity contribution in [3.05, 3.63) is 0 Å². The molecule has 96 valence electrons. The highest BCUT2D eigenvalue weighted by atomic mass is 19.4. The van der Waals surface area contributed by atoms with E-state index in [2.05, 4.69) is 4.74 Å². The Bertz CT molecular complexity index is 193. The molecule has 0 saturated heterocycles. The van der Waals surface area contributed by atoms with Gasteiger partial charge in [0.25, 0.3) is 0 Å². The largest absolute Gasteiger partial charge is 0.411 e. The van der Waals surface area contributed by atoms with E-state index in [4.69, 9.17) is 10.5 Å². The summed E-state index contributed by atoms with van der Waals surface area (Å²) >= 11 is 0. The van der Waals surface area contributed by atoms with Crippen LogP contribution in [0.4, 0.5) is 13.2 Å². The second-order valence-electron chi connectivity index (χ2n) is 4.09. The molecule has 0 radical (unpaired) electrons. The van der Waals surface area contributed by atoms with Gasteiger partial charge < -0.3 is 15.2 Å². The summed E-state index contributed by atoms with van der Waals surface area (Å²) in [4.78, 5) is 0. The molecule has 1 rings (SSSR count). The topological polar surface area (TPSA) is 44.5 Å². The standard InChI is InChI=1S/C10H18F3NO2/c11-10(12,13)7-15-2-1-3-16-9-4-8(5-9)6-14/h8-9H,1-7,14H2. The highest BCUT2D eigenvalue weighted by molar-refractivity contribution is 4.80. The Labute approximate surface area is 93.1 Å². The van der Waals surface area contributed by atoms with Gasteiger partial charge >= 0.3 is 6.18 Å². The van der Waals surface area contributed by atoms with Crippen molar-refractivity contribution in [2.45, 2.75) is 31.5 Å². The van der Waals surface area contributed by atoms with Crippen LogP contribution in [0.3, 0.4) is 0 Å². The number of rotatable bonds is 7.